The first kappa shape index (κ1) is 17.0. The normalized spacial score (nSPS) is 11.4. The van der Waals surface area contributed by atoms with E-state index in [1.54, 1.807) is 41.0 Å². The van der Waals surface area contributed by atoms with E-state index < -0.39 is 0 Å². The summed E-state index contributed by atoms with van der Waals surface area (Å²) in [7, 11) is 0. The predicted molar refractivity (Wildman–Crippen MR) is 97.4 cm³/mol. The molecule has 0 fully saturated rings. The average molecular weight is 363 g/mol. The molecule has 0 aliphatic heterocycles. The Hall–Kier alpha value is -1.85. The van der Waals surface area contributed by atoms with Crippen molar-refractivity contribution in [3.8, 4) is 0 Å². The van der Waals surface area contributed by atoms with Crippen LogP contribution in [0.3, 0.4) is 0 Å². The Morgan fingerprint density at radius 3 is 2.71 bits per heavy atom. The van der Waals surface area contributed by atoms with Crippen molar-refractivity contribution < 1.29 is 4.39 Å². The minimum Gasteiger partial charge on any atom is -0.285 e. The third-order valence-corrected chi connectivity index (χ3v) is 4.90. The van der Waals surface area contributed by atoms with Gasteiger partial charge in [-0.2, -0.15) is 0 Å². The highest BCUT2D eigenvalue weighted by Crippen LogP contribution is 2.26. The molecule has 0 saturated carbocycles. The second-order valence-electron chi connectivity index (χ2n) is 5.70. The molecule has 1 heterocycles. The third-order valence-electron chi connectivity index (χ3n) is 3.66. The van der Waals surface area contributed by atoms with Gasteiger partial charge >= 0.3 is 0 Å². The summed E-state index contributed by atoms with van der Waals surface area (Å²) in [6, 6.07) is 11.6. The van der Waals surface area contributed by atoms with Crippen LogP contribution in [0.25, 0.3) is 10.9 Å². The fraction of sp³-hybridized carbons (Fsp3) is 0.222. The van der Waals surface area contributed by atoms with E-state index in [-0.39, 0.29) is 17.4 Å². The van der Waals surface area contributed by atoms with Gasteiger partial charge in [0.15, 0.2) is 5.16 Å². The van der Waals surface area contributed by atoms with Gasteiger partial charge in [-0.25, -0.2) is 9.37 Å². The van der Waals surface area contributed by atoms with Gasteiger partial charge in [0, 0.05) is 16.8 Å². The zero-order chi connectivity index (χ0) is 17.3. The van der Waals surface area contributed by atoms with Crippen molar-refractivity contribution in [2.24, 2.45) is 0 Å². The van der Waals surface area contributed by atoms with Crippen LogP contribution >= 0.6 is 23.4 Å². The molecule has 0 saturated heterocycles. The molecule has 24 heavy (non-hydrogen) atoms. The van der Waals surface area contributed by atoms with E-state index in [4.69, 9.17) is 11.6 Å². The topological polar surface area (TPSA) is 34.9 Å². The van der Waals surface area contributed by atoms with Crippen LogP contribution in [-0.2, 0) is 5.75 Å². The molecule has 3 rings (SSSR count). The van der Waals surface area contributed by atoms with E-state index in [1.807, 2.05) is 13.8 Å². The maximum Gasteiger partial charge on any atom is 0.262 e. The van der Waals surface area contributed by atoms with E-state index in [2.05, 4.69) is 4.98 Å². The summed E-state index contributed by atoms with van der Waals surface area (Å²) in [5.41, 5.74) is 1.03. The summed E-state index contributed by atoms with van der Waals surface area (Å²) < 4.78 is 15.5. The summed E-state index contributed by atoms with van der Waals surface area (Å²) in [5, 5.41) is 1.62. The van der Waals surface area contributed by atoms with E-state index in [9.17, 15) is 9.18 Å². The van der Waals surface area contributed by atoms with Crippen LogP contribution in [0.4, 0.5) is 4.39 Å². The first-order valence-electron chi connectivity index (χ1n) is 7.55. The number of hydrogen-bond donors (Lipinski definition) is 0. The molecule has 0 aliphatic carbocycles. The van der Waals surface area contributed by atoms with Crippen molar-refractivity contribution in [3.05, 3.63) is 69.2 Å². The molecule has 0 radical (unpaired) electrons. The van der Waals surface area contributed by atoms with Crippen molar-refractivity contribution in [1.82, 2.24) is 9.55 Å². The molecule has 3 aromatic rings. The Bertz CT molecular complexity index is 955. The molecular weight excluding hydrogens is 347 g/mol. The molecule has 0 aliphatic rings. The zero-order valence-corrected chi connectivity index (χ0v) is 14.9. The van der Waals surface area contributed by atoms with Gasteiger partial charge in [0.05, 0.1) is 10.9 Å². The van der Waals surface area contributed by atoms with Crippen LogP contribution in [0.5, 0.6) is 0 Å². The number of hydrogen-bond acceptors (Lipinski definition) is 3. The zero-order valence-electron chi connectivity index (χ0n) is 13.3. The highest BCUT2D eigenvalue weighted by molar-refractivity contribution is 7.98. The van der Waals surface area contributed by atoms with E-state index in [1.165, 1.54) is 17.8 Å². The van der Waals surface area contributed by atoms with Gasteiger partial charge in [-0.3, -0.25) is 9.36 Å². The molecule has 0 spiro atoms. The number of thioether (sulfide) groups is 1. The van der Waals surface area contributed by atoms with Crippen molar-refractivity contribution >= 4 is 34.3 Å². The van der Waals surface area contributed by atoms with Gasteiger partial charge in [0.1, 0.15) is 5.82 Å². The van der Waals surface area contributed by atoms with Gasteiger partial charge in [-0.15, -0.1) is 0 Å². The van der Waals surface area contributed by atoms with Crippen molar-refractivity contribution in [3.63, 3.8) is 0 Å². The lowest BCUT2D eigenvalue weighted by molar-refractivity contribution is 0.519. The Labute approximate surface area is 148 Å². The smallest absolute Gasteiger partial charge is 0.262 e. The Balaban J connectivity index is 2.07. The molecule has 3 nitrogen and oxygen atoms in total. The molecule has 0 amide bonds. The number of nitrogens with zero attached hydrogens (tertiary/aromatic N) is 2. The predicted octanol–water partition coefficient (Wildman–Crippen LogP) is 5.06. The largest absolute Gasteiger partial charge is 0.285 e. The lowest BCUT2D eigenvalue weighted by Gasteiger charge is -2.16. The molecule has 2 aromatic carbocycles. The SMILES string of the molecule is CC(C)n1c(SCc2ccccc2F)nc2cc(Cl)ccc2c1=O. The molecule has 0 unspecified atom stereocenters. The standard InChI is InChI=1S/C18H16ClFN2OS/c1-11(2)22-17(23)14-8-7-13(19)9-16(14)21-18(22)24-10-12-5-3-4-6-15(12)20/h3-9,11H,10H2,1-2H3. The number of aromatic nitrogens is 2. The van der Waals surface area contributed by atoms with E-state index in [0.717, 1.165) is 0 Å². The van der Waals surface area contributed by atoms with Crippen LogP contribution in [0.1, 0.15) is 25.5 Å². The summed E-state index contributed by atoms with van der Waals surface area (Å²) in [5.74, 6) is 0.144. The first-order valence-corrected chi connectivity index (χ1v) is 8.91. The van der Waals surface area contributed by atoms with Gasteiger partial charge in [-0.05, 0) is 43.7 Å². The van der Waals surface area contributed by atoms with Crippen molar-refractivity contribution in [2.45, 2.75) is 30.8 Å². The number of benzene rings is 2. The minimum absolute atomic E-state index is 0.0480. The van der Waals surface area contributed by atoms with E-state index in [0.29, 0.717) is 32.4 Å². The second kappa shape index (κ2) is 6.95. The summed E-state index contributed by atoms with van der Waals surface area (Å²) in [6.45, 7) is 3.86. The Kier molecular flexibility index (Phi) is 4.92. The lowest BCUT2D eigenvalue weighted by atomic mass is 10.2. The monoisotopic (exact) mass is 362 g/mol. The van der Waals surface area contributed by atoms with Crippen LogP contribution in [0.2, 0.25) is 5.02 Å². The number of rotatable bonds is 4. The van der Waals surface area contributed by atoms with Gasteiger partial charge in [0.25, 0.3) is 5.56 Å². The molecule has 0 bridgehead atoms. The molecule has 0 atom stereocenters. The fourth-order valence-corrected chi connectivity index (χ4v) is 3.75. The van der Waals surface area contributed by atoms with Crippen LogP contribution < -0.4 is 5.56 Å². The molecule has 124 valence electrons. The Morgan fingerprint density at radius 2 is 2.00 bits per heavy atom. The highest BCUT2D eigenvalue weighted by atomic mass is 35.5. The number of halogens is 2. The van der Waals surface area contributed by atoms with Gasteiger partial charge < -0.3 is 0 Å². The lowest BCUT2D eigenvalue weighted by Crippen LogP contribution is -2.25. The number of fused-ring (bicyclic) bond motifs is 1. The average Bonchev–Trinajstić information content (AvgIpc) is 2.53. The maximum absolute atomic E-state index is 13.8. The maximum atomic E-state index is 13.8. The van der Waals surface area contributed by atoms with Gasteiger partial charge in [0.2, 0.25) is 0 Å². The van der Waals surface area contributed by atoms with Crippen molar-refractivity contribution in [2.75, 3.05) is 0 Å². The van der Waals surface area contributed by atoms with Gasteiger partial charge in [-0.1, -0.05) is 41.6 Å². The molecule has 1 aromatic heterocycles. The van der Waals surface area contributed by atoms with Crippen LogP contribution in [0.15, 0.2) is 52.4 Å². The second-order valence-corrected chi connectivity index (χ2v) is 7.08. The summed E-state index contributed by atoms with van der Waals surface area (Å²) in [6.07, 6.45) is 0. The van der Waals surface area contributed by atoms with Crippen LogP contribution in [-0.4, -0.2) is 9.55 Å². The highest BCUT2D eigenvalue weighted by Gasteiger charge is 2.15. The Morgan fingerprint density at radius 1 is 1.25 bits per heavy atom. The molecule has 6 heteroatoms. The van der Waals surface area contributed by atoms with Crippen molar-refractivity contribution in [1.29, 1.82) is 0 Å². The minimum atomic E-state index is -0.257. The molecule has 0 N–H and O–H groups in total. The fourth-order valence-electron chi connectivity index (χ4n) is 2.47. The summed E-state index contributed by atoms with van der Waals surface area (Å²) >= 11 is 7.36. The summed E-state index contributed by atoms with van der Waals surface area (Å²) in [4.78, 5) is 17.4. The third kappa shape index (κ3) is 3.32. The molecular formula is C18H16ClFN2OS. The van der Waals surface area contributed by atoms with Crippen LogP contribution in [0, 0.1) is 5.82 Å². The first-order chi connectivity index (χ1) is 11.5. The quantitative estimate of drug-likeness (QED) is 0.480. The van der Waals surface area contributed by atoms with E-state index >= 15 is 0 Å².